The fourth-order valence-electron chi connectivity index (χ4n) is 7.40. The number of furan rings is 1. The van der Waals surface area contributed by atoms with Gasteiger partial charge in [0.1, 0.15) is 11.2 Å². The molecule has 0 N–H and O–H groups in total. The zero-order valence-corrected chi connectivity index (χ0v) is 29.8. The summed E-state index contributed by atoms with van der Waals surface area (Å²) in [5, 5.41) is 2.25. The largest absolute Gasteiger partial charge is 0.455 e. The number of hydrogen-bond acceptors (Lipinski definition) is 4. The van der Waals surface area contributed by atoms with Crippen molar-refractivity contribution in [3.8, 4) is 78.7 Å². The molecule has 0 radical (unpaired) electrons. The molecule has 0 aliphatic carbocycles. The van der Waals surface area contributed by atoms with Crippen molar-refractivity contribution >= 4 is 21.9 Å². The van der Waals surface area contributed by atoms with E-state index >= 15 is 0 Å². The topological polar surface area (TPSA) is 51.8 Å². The molecule has 10 rings (SSSR count). The summed E-state index contributed by atoms with van der Waals surface area (Å²) >= 11 is 0. The second kappa shape index (κ2) is 13.8. The zero-order valence-electron chi connectivity index (χ0n) is 29.8. The van der Waals surface area contributed by atoms with Crippen LogP contribution in [-0.4, -0.2) is 15.0 Å². The van der Waals surface area contributed by atoms with Crippen LogP contribution in [0.25, 0.3) is 101 Å². The molecule has 0 atom stereocenters. The van der Waals surface area contributed by atoms with Crippen molar-refractivity contribution in [3.63, 3.8) is 0 Å². The van der Waals surface area contributed by atoms with Gasteiger partial charge >= 0.3 is 0 Å². The van der Waals surface area contributed by atoms with Crippen LogP contribution in [0.5, 0.6) is 0 Å². The lowest BCUT2D eigenvalue weighted by atomic mass is 9.97. The number of fused-ring (bicyclic) bond motifs is 3. The highest BCUT2D eigenvalue weighted by molar-refractivity contribution is 6.09. The molecular formula is C51H33N3O. The summed E-state index contributed by atoms with van der Waals surface area (Å²) < 4.78 is 6.37. The van der Waals surface area contributed by atoms with Gasteiger partial charge in [0.05, 0.1) is 0 Å². The predicted octanol–water partition coefficient (Wildman–Crippen LogP) is 13.4. The summed E-state index contributed by atoms with van der Waals surface area (Å²) in [6.45, 7) is 0. The van der Waals surface area contributed by atoms with Gasteiger partial charge in [-0.05, 0) is 51.1 Å². The molecular weight excluding hydrogens is 671 g/mol. The number of para-hydroxylation sites is 2. The number of hydrogen-bond donors (Lipinski definition) is 0. The standard InChI is InChI=1S/C51H33N3O/c1-3-13-34(14-4-1)35-25-29-38(30-26-35)49-52-50(54-51(53-49)46-21-8-7-19-42(46)37-15-5-2-6-16-37)39-31-27-36(28-32-39)40-17-11-18-41(33-40)43-22-12-23-45-44-20-9-10-24-47(44)55-48(43)45/h1-33H. The van der Waals surface area contributed by atoms with Gasteiger partial charge in [0.2, 0.25) is 0 Å². The first-order chi connectivity index (χ1) is 27.2. The Morgan fingerprint density at radius 2 is 0.727 bits per heavy atom. The fourth-order valence-corrected chi connectivity index (χ4v) is 7.40. The maximum atomic E-state index is 6.37. The normalized spacial score (nSPS) is 11.3. The molecule has 0 amide bonds. The molecule has 4 heteroatoms. The van der Waals surface area contributed by atoms with Crippen molar-refractivity contribution < 1.29 is 4.42 Å². The average molecular weight is 704 g/mol. The first kappa shape index (κ1) is 32.2. The molecule has 0 spiro atoms. The first-order valence-corrected chi connectivity index (χ1v) is 18.4. The molecule has 8 aromatic carbocycles. The number of nitrogens with zero attached hydrogens (tertiary/aromatic N) is 3. The summed E-state index contributed by atoms with van der Waals surface area (Å²) in [6.07, 6.45) is 0. The molecule has 0 bridgehead atoms. The third-order valence-electron chi connectivity index (χ3n) is 10.2. The van der Waals surface area contributed by atoms with E-state index in [9.17, 15) is 0 Å². The van der Waals surface area contributed by atoms with Crippen LogP contribution < -0.4 is 0 Å². The summed E-state index contributed by atoms with van der Waals surface area (Å²) in [4.78, 5) is 15.3. The average Bonchev–Trinajstić information content (AvgIpc) is 3.66. The third kappa shape index (κ3) is 6.16. The van der Waals surface area contributed by atoms with Crippen LogP contribution in [0.3, 0.4) is 0 Å². The van der Waals surface area contributed by atoms with E-state index in [1.54, 1.807) is 0 Å². The Hall–Kier alpha value is -7.43. The van der Waals surface area contributed by atoms with Gasteiger partial charge < -0.3 is 4.42 Å². The predicted molar refractivity (Wildman–Crippen MR) is 225 cm³/mol. The first-order valence-electron chi connectivity index (χ1n) is 18.4. The molecule has 10 aromatic rings. The summed E-state index contributed by atoms with van der Waals surface area (Å²) in [6, 6.07) is 69.2. The maximum Gasteiger partial charge on any atom is 0.164 e. The molecule has 2 aromatic heterocycles. The summed E-state index contributed by atoms with van der Waals surface area (Å²) in [5.41, 5.74) is 13.5. The molecule has 0 aliphatic rings. The maximum absolute atomic E-state index is 6.37. The van der Waals surface area contributed by atoms with Crippen LogP contribution in [-0.2, 0) is 0 Å². The smallest absolute Gasteiger partial charge is 0.164 e. The van der Waals surface area contributed by atoms with Gasteiger partial charge in [-0.3, -0.25) is 0 Å². The lowest BCUT2D eigenvalue weighted by Gasteiger charge is -2.12. The van der Waals surface area contributed by atoms with Crippen molar-refractivity contribution in [2.24, 2.45) is 0 Å². The van der Waals surface area contributed by atoms with Gasteiger partial charge in [-0.15, -0.1) is 0 Å². The SMILES string of the molecule is c1ccc(-c2ccc(-c3nc(-c4ccc(-c5cccc(-c6cccc7c6oc6ccccc67)c5)cc4)nc(-c4ccccc4-c4ccccc4)n3)cc2)cc1. The van der Waals surface area contributed by atoms with E-state index < -0.39 is 0 Å². The minimum atomic E-state index is 0.617. The Morgan fingerprint density at radius 3 is 1.44 bits per heavy atom. The highest BCUT2D eigenvalue weighted by Crippen LogP contribution is 2.38. The van der Waals surface area contributed by atoms with E-state index in [-0.39, 0.29) is 0 Å². The fraction of sp³-hybridized carbons (Fsp3) is 0. The van der Waals surface area contributed by atoms with Gasteiger partial charge in [-0.2, -0.15) is 0 Å². The molecule has 4 nitrogen and oxygen atoms in total. The quantitative estimate of drug-likeness (QED) is 0.166. The van der Waals surface area contributed by atoms with Crippen LogP contribution in [0, 0.1) is 0 Å². The van der Waals surface area contributed by atoms with Crippen LogP contribution in [0.15, 0.2) is 205 Å². The Kier molecular flexibility index (Phi) is 8.12. The van der Waals surface area contributed by atoms with E-state index in [0.717, 1.165) is 77.6 Å². The Labute approximate surface area is 319 Å². The van der Waals surface area contributed by atoms with Crippen LogP contribution in [0.4, 0.5) is 0 Å². The van der Waals surface area contributed by atoms with E-state index in [1.807, 2.05) is 30.3 Å². The second-order valence-electron chi connectivity index (χ2n) is 13.6. The van der Waals surface area contributed by atoms with Crippen molar-refractivity contribution in [1.29, 1.82) is 0 Å². The summed E-state index contributed by atoms with van der Waals surface area (Å²) in [7, 11) is 0. The molecule has 0 unspecified atom stereocenters. The van der Waals surface area contributed by atoms with Gasteiger partial charge in [0.15, 0.2) is 17.5 Å². The van der Waals surface area contributed by atoms with Crippen LogP contribution in [0.1, 0.15) is 0 Å². The Balaban J connectivity index is 1.04. The zero-order chi connectivity index (χ0) is 36.6. The number of benzene rings is 8. The molecule has 0 fully saturated rings. The van der Waals surface area contributed by atoms with Crippen molar-refractivity contribution in [2.75, 3.05) is 0 Å². The van der Waals surface area contributed by atoms with Crippen molar-refractivity contribution in [2.45, 2.75) is 0 Å². The minimum absolute atomic E-state index is 0.617. The van der Waals surface area contributed by atoms with Crippen molar-refractivity contribution in [1.82, 2.24) is 15.0 Å². The minimum Gasteiger partial charge on any atom is -0.455 e. The Morgan fingerprint density at radius 1 is 0.273 bits per heavy atom. The monoisotopic (exact) mass is 703 g/mol. The molecule has 2 heterocycles. The van der Waals surface area contributed by atoms with Crippen LogP contribution >= 0.6 is 0 Å². The van der Waals surface area contributed by atoms with Gasteiger partial charge in [0, 0.05) is 33.0 Å². The summed E-state index contributed by atoms with van der Waals surface area (Å²) in [5.74, 6) is 1.87. The van der Waals surface area contributed by atoms with Gasteiger partial charge in [0.25, 0.3) is 0 Å². The van der Waals surface area contributed by atoms with E-state index in [1.165, 1.54) is 5.56 Å². The number of rotatable bonds is 7. The number of aromatic nitrogens is 3. The molecule has 0 aliphatic heterocycles. The lowest BCUT2D eigenvalue weighted by Crippen LogP contribution is -2.01. The third-order valence-corrected chi connectivity index (χ3v) is 10.2. The van der Waals surface area contributed by atoms with E-state index in [2.05, 4.69) is 170 Å². The molecule has 258 valence electrons. The molecule has 0 saturated heterocycles. The van der Waals surface area contributed by atoms with Crippen LogP contribution in [0.2, 0.25) is 0 Å². The van der Waals surface area contributed by atoms with Crippen molar-refractivity contribution in [3.05, 3.63) is 200 Å². The molecule has 55 heavy (non-hydrogen) atoms. The Bertz CT molecular complexity index is 2950. The van der Waals surface area contributed by atoms with E-state index in [4.69, 9.17) is 19.4 Å². The highest BCUT2D eigenvalue weighted by Gasteiger charge is 2.17. The second-order valence-corrected chi connectivity index (χ2v) is 13.6. The van der Waals surface area contributed by atoms with Gasteiger partial charge in [-0.25, -0.2) is 15.0 Å². The lowest BCUT2D eigenvalue weighted by molar-refractivity contribution is 0.670. The highest BCUT2D eigenvalue weighted by atomic mass is 16.3. The van der Waals surface area contributed by atoms with E-state index in [0.29, 0.717) is 17.5 Å². The van der Waals surface area contributed by atoms with Gasteiger partial charge in [-0.1, -0.05) is 188 Å². The molecule has 0 saturated carbocycles.